The molecule has 0 aromatic carbocycles. The van der Waals surface area contributed by atoms with Crippen LogP contribution in [0.2, 0.25) is 0 Å². The van der Waals surface area contributed by atoms with E-state index in [0.29, 0.717) is 24.5 Å². The summed E-state index contributed by atoms with van der Waals surface area (Å²) in [5, 5.41) is 3.23. The maximum absolute atomic E-state index is 12.5. The lowest BCUT2D eigenvalue weighted by Crippen LogP contribution is -2.52. The Balaban J connectivity index is 1.46. The van der Waals surface area contributed by atoms with Gasteiger partial charge in [0.1, 0.15) is 5.01 Å². The van der Waals surface area contributed by atoms with E-state index in [1.54, 1.807) is 11.3 Å². The summed E-state index contributed by atoms with van der Waals surface area (Å²) < 4.78 is 0. The number of hydrogen-bond donors (Lipinski definition) is 0. The molecule has 3 rings (SSSR count). The number of likely N-dealkylation sites (tertiary alicyclic amines) is 1. The summed E-state index contributed by atoms with van der Waals surface area (Å²) in [7, 11) is 0. The summed E-state index contributed by atoms with van der Waals surface area (Å²) in [6.07, 6.45) is 5.46. The molecule has 0 saturated carbocycles. The molecule has 0 N–H and O–H groups in total. The molecule has 23 heavy (non-hydrogen) atoms. The Labute approximate surface area is 143 Å². The lowest BCUT2D eigenvalue weighted by molar-refractivity contribution is -0.136. The molecular formula is C17H28N4OS. The zero-order valence-corrected chi connectivity index (χ0v) is 15.1. The number of hydrogen-bond acceptors (Lipinski definition) is 5. The molecule has 0 unspecified atom stereocenters. The molecule has 3 heterocycles. The predicted octanol–water partition coefficient (Wildman–Crippen LogP) is 2.22. The van der Waals surface area contributed by atoms with Crippen LogP contribution in [0.15, 0.2) is 11.6 Å². The highest BCUT2D eigenvalue weighted by atomic mass is 32.1. The average molecular weight is 337 g/mol. The third-order valence-corrected chi connectivity index (χ3v) is 6.19. The second kappa shape index (κ2) is 7.73. The minimum absolute atomic E-state index is 0.318. The number of piperidine rings is 1. The molecule has 1 aromatic rings. The Hall–Kier alpha value is -0.980. The Morgan fingerprint density at radius 2 is 2.09 bits per heavy atom. The highest BCUT2D eigenvalue weighted by Gasteiger charge is 2.27. The number of amides is 1. The molecule has 2 atom stereocenters. The van der Waals surface area contributed by atoms with E-state index in [4.69, 9.17) is 0 Å². The zero-order valence-electron chi connectivity index (χ0n) is 14.3. The molecular weight excluding hydrogens is 308 g/mol. The third-order valence-electron chi connectivity index (χ3n) is 5.25. The van der Waals surface area contributed by atoms with Gasteiger partial charge in [-0.25, -0.2) is 4.98 Å². The van der Waals surface area contributed by atoms with Gasteiger partial charge >= 0.3 is 0 Å². The topological polar surface area (TPSA) is 39.7 Å². The monoisotopic (exact) mass is 336 g/mol. The molecule has 6 heteroatoms. The van der Waals surface area contributed by atoms with Gasteiger partial charge in [0.05, 0.1) is 12.6 Å². The molecule has 2 aliphatic rings. The van der Waals surface area contributed by atoms with Crippen LogP contribution in [0.3, 0.4) is 0 Å². The quantitative estimate of drug-likeness (QED) is 0.845. The molecule has 128 valence electrons. The smallest absolute Gasteiger partial charge is 0.236 e. The Morgan fingerprint density at radius 1 is 1.30 bits per heavy atom. The predicted molar refractivity (Wildman–Crippen MR) is 93.6 cm³/mol. The molecule has 2 fully saturated rings. The van der Waals surface area contributed by atoms with Crippen molar-refractivity contribution in [3.8, 4) is 0 Å². The van der Waals surface area contributed by atoms with Crippen molar-refractivity contribution < 1.29 is 4.79 Å². The van der Waals surface area contributed by atoms with Crippen LogP contribution in [0.1, 0.15) is 44.2 Å². The van der Waals surface area contributed by atoms with E-state index < -0.39 is 0 Å². The highest BCUT2D eigenvalue weighted by molar-refractivity contribution is 7.09. The normalized spacial score (nSPS) is 25.5. The molecule has 2 saturated heterocycles. The number of carbonyl (C=O) groups is 1. The largest absolute Gasteiger partial charge is 0.339 e. The lowest BCUT2D eigenvalue weighted by Gasteiger charge is -2.39. The van der Waals surface area contributed by atoms with Gasteiger partial charge in [-0.05, 0) is 33.1 Å². The molecule has 0 bridgehead atoms. The van der Waals surface area contributed by atoms with Crippen LogP contribution in [0.4, 0.5) is 0 Å². The van der Waals surface area contributed by atoms with Gasteiger partial charge in [0, 0.05) is 50.3 Å². The highest BCUT2D eigenvalue weighted by Crippen LogP contribution is 2.23. The van der Waals surface area contributed by atoms with Crippen molar-refractivity contribution in [2.75, 3.05) is 39.3 Å². The molecule has 0 spiro atoms. The Morgan fingerprint density at radius 3 is 2.74 bits per heavy atom. The summed E-state index contributed by atoms with van der Waals surface area (Å²) in [6.45, 7) is 9.94. The summed E-state index contributed by atoms with van der Waals surface area (Å²) in [5.41, 5.74) is 0. The third kappa shape index (κ3) is 4.11. The van der Waals surface area contributed by atoms with Crippen LogP contribution in [-0.2, 0) is 4.79 Å². The van der Waals surface area contributed by atoms with Crippen molar-refractivity contribution in [1.29, 1.82) is 0 Å². The van der Waals surface area contributed by atoms with Crippen molar-refractivity contribution in [3.05, 3.63) is 16.6 Å². The van der Waals surface area contributed by atoms with Crippen LogP contribution in [0, 0.1) is 0 Å². The van der Waals surface area contributed by atoms with E-state index in [1.165, 1.54) is 11.4 Å². The number of piperazine rings is 1. The summed E-state index contributed by atoms with van der Waals surface area (Å²) in [6, 6.07) is 0.803. The van der Waals surface area contributed by atoms with Crippen LogP contribution >= 0.6 is 11.3 Å². The van der Waals surface area contributed by atoms with Crippen molar-refractivity contribution in [2.45, 2.75) is 45.2 Å². The summed E-state index contributed by atoms with van der Waals surface area (Å²) in [5.74, 6) is 0.318. The first-order valence-electron chi connectivity index (χ1n) is 8.80. The van der Waals surface area contributed by atoms with Gasteiger partial charge in [-0.2, -0.15) is 0 Å². The van der Waals surface area contributed by atoms with E-state index in [0.717, 1.165) is 45.6 Å². The van der Waals surface area contributed by atoms with Gasteiger partial charge in [0.25, 0.3) is 0 Å². The molecule has 1 aromatic heterocycles. The summed E-state index contributed by atoms with van der Waals surface area (Å²) in [4.78, 5) is 23.9. The van der Waals surface area contributed by atoms with E-state index in [1.807, 2.05) is 11.6 Å². The number of thiazole rings is 1. The maximum atomic E-state index is 12.5. The fourth-order valence-electron chi connectivity index (χ4n) is 3.66. The number of nitrogens with zero attached hydrogens (tertiary/aromatic N) is 4. The fourth-order valence-corrected chi connectivity index (χ4v) is 4.39. The first-order chi connectivity index (χ1) is 11.1. The van der Waals surface area contributed by atoms with E-state index in [9.17, 15) is 4.79 Å². The molecule has 0 aliphatic carbocycles. The first-order valence-corrected chi connectivity index (χ1v) is 9.68. The van der Waals surface area contributed by atoms with Crippen LogP contribution in [-0.4, -0.2) is 70.9 Å². The van der Waals surface area contributed by atoms with E-state index in [2.05, 4.69) is 33.5 Å². The Bertz CT molecular complexity index is 499. The standard InChI is InChI=1S/C17H28N4OS/c1-14-5-3-4-7-21(14)16(22)13-19-8-10-20(11-9-19)15(2)17-18-6-12-23-17/h6,12,14-15H,3-5,7-11,13H2,1-2H3/t14-,15+/m0/s1. The molecule has 5 nitrogen and oxygen atoms in total. The second-order valence-electron chi connectivity index (χ2n) is 6.79. The molecule has 0 radical (unpaired) electrons. The minimum atomic E-state index is 0.318. The van der Waals surface area contributed by atoms with Gasteiger partial charge in [-0.1, -0.05) is 0 Å². The SMILES string of the molecule is C[C@H](c1nccs1)N1CCN(CC(=O)N2CCCC[C@@H]2C)CC1. The van der Waals surface area contributed by atoms with Crippen molar-refractivity contribution in [2.24, 2.45) is 0 Å². The van der Waals surface area contributed by atoms with Crippen molar-refractivity contribution >= 4 is 17.2 Å². The fraction of sp³-hybridized carbons (Fsp3) is 0.765. The van der Waals surface area contributed by atoms with Crippen molar-refractivity contribution in [1.82, 2.24) is 19.7 Å². The van der Waals surface area contributed by atoms with Gasteiger partial charge in [0.15, 0.2) is 0 Å². The van der Waals surface area contributed by atoms with Gasteiger partial charge < -0.3 is 4.90 Å². The van der Waals surface area contributed by atoms with Gasteiger partial charge in [-0.3, -0.25) is 14.6 Å². The number of aromatic nitrogens is 1. The Kier molecular flexibility index (Phi) is 5.67. The van der Waals surface area contributed by atoms with Gasteiger partial charge in [0.2, 0.25) is 5.91 Å². The first kappa shape index (κ1) is 16.9. The van der Waals surface area contributed by atoms with Crippen LogP contribution in [0.5, 0.6) is 0 Å². The average Bonchev–Trinajstić information content (AvgIpc) is 3.09. The minimum Gasteiger partial charge on any atom is -0.339 e. The molecule has 1 amide bonds. The van der Waals surface area contributed by atoms with Crippen LogP contribution < -0.4 is 0 Å². The second-order valence-corrected chi connectivity index (χ2v) is 7.72. The number of carbonyl (C=O) groups excluding carboxylic acids is 1. The zero-order chi connectivity index (χ0) is 16.2. The maximum Gasteiger partial charge on any atom is 0.236 e. The van der Waals surface area contributed by atoms with Crippen LogP contribution in [0.25, 0.3) is 0 Å². The van der Waals surface area contributed by atoms with Gasteiger partial charge in [-0.15, -0.1) is 11.3 Å². The van der Waals surface area contributed by atoms with E-state index in [-0.39, 0.29) is 0 Å². The lowest BCUT2D eigenvalue weighted by atomic mass is 10.0. The van der Waals surface area contributed by atoms with E-state index >= 15 is 0 Å². The molecule has 2 aliphatic heterocycles. The number of rotatable bonds is 4. The van der Waals surface area contributed by atoms with Crippen molar-refractivity contribution in [3.63, 3.8) is 0 Å². The summed E-state index contributed by atoms with van der Waals surface area (Å²) >= 11 is 1.73.